The molecule has 1 aliphatic carbocycles. The van der Waals surface area contributed by atoms with E-state index in [1.54, 1.807) is 7.11 Å². The summed E-state index contributed by atoms with van der Waals surface area (Å²) in [6.45, 7) is 5.55. The predicted molar refractivity (Wildman–Crippen MR) is 119 cm³/mol. The summed E-state index contributed by atoms with van der Waals surface area (Å²) in [6, 6.07) is 7.57. The first kappa shape index (κ1) is 23.0. The number of nitrogens with one attached hydrogen (secondary N) is 1. The van der Waals surface area contributed by atoms with Gasteiger partial charge in [0.1, 0.15) is 5.54 Å². The Morgan fingerprint density at radius 3 is 2.35 bits per heavy atom. The number of carbonyl (C=O) groups is 2. The second-order valence-electron chi connectivity index (χ2n) is 8.43. The number of piperazine rings is 1. The number of amides is 2. The third-order valence-electron chi connectivity index (χ3n) is 6.40. The van der Waals surface area contributed by atoms with Crippen LogP contribution in [-0.2, 0) is 9.53 Å². The number of anilines is 1. The summed E-state index contributed by atoms with van der Waals surface area (Å²) in [5.41, 5.74) is 0.632. The van der Waals surface area contributed by atoms with Gasteiger partial charge < -0.3 is 15.0 Å². The van der Waals surface area contributed by atoms with Crippen LogP contribution in [0.25, 0.3) is 0 Å². The van der Waals surface area contributed by atoms with Gasteiger partial charge in [0, 0.05) is 58.1 Å². The van der Waals surface area contributed by atoms with E-state index in [4.69, 9.17) is 10.00 Å². The molecule has 2 aliphatic rings. The van der Waals surface area contributed by atoms with E-state index in [9.17, 15) is 9.59 Å². The molecule has 2 amide bonds. The van der Waals surface area contributed by atoms with E-state index in [0.717, 1.165) is 69.2 Å². The van der Waals surface area contributed by atoms with Gasteiger partial charge >= 0.3 is 0 Å². The first-order chi connectivity index (χ1) is 15.0. The zero-order valence-electron chi connectivity index (χ0n) is 18.6. The van der Waals surface area contributed by atoms with Crippen molar-refractivity contribution < 1.29 is 14.3 Å². The molecule has 2 fully saturated rings. The Bertz CT molecular complexity index is 790. The molecule has 3 rings (SSSR count). The van der Waals surface area contributed by atoms with Crippen molar-refractivity contribution in [3.63, 3.8) is 0 Å². The molecule has 168 valence electrons. The van der Waals surface area contributed by atoms with Gasteiger partial charge in [-0.05, 0) is 37.1 Å². The highest BCUT2D eigenvalue weighted by molar-refractivity contribution is 5.99. The largest absolute Gasteiger partial charge is 0.383 e. The molecular formula is C23H33N5O3. The summed E-state index contributed by atoms with van der Waals surface area (Å²) >= 11 is 0. The van der Waals surface area contributed by atoms with Crippen LogP contribution in [0.4, 0.5) is 5.69 Å². The molecule has 31 heavy (non-hydrogen) atoms. The van der Waals surface area contributed by atoms with E-state index in [0.29, 0.717) is 18.4 Å². The highest BCUT2D eigenvalue weighted by atomic mass is 16.5. The summed E-state index contributed by atoms with van der Waals surface area (Å²) < 4.78 is 5.15. The van der Waals surface area contributed by atoms with E-state index in [-0.39, 0.29) is 11.8 Å². The van der Waals surface area contributed by atoms with Crippen LogP contribution in [0.1, 0.15) is 42.5 Å². The molecule has 1 aromatic carbocycles. The molecule has 1 saturated heterocycles. The summed E-state index contributed by atoms with van der Waals surface area (Å²) in [7, 11) is 3.18. The fraction of sp³-hybridized carbons (Fsp3) is 0.609. The average molecular weight is 428 g/mol. The van der Waals surface area contributed by atoms with Gasteiger partial charge in [0.15, 0.2) is 6.19 Å². The zero-order chi connectivity index (χ0) is 22.3. The van der Waals surface area contributed by atoms with Gasteiger partial charge in [-0.25, -0.2) is 0 Å². The third kappa shape index (κ3) is 5.54. The van der Waals surface area contributed by atoms with Crippen molar-refractivity contribution in [2.45, 2.75) is 37.6 Å². The van der Waals surface area contributed by atoms with E-state index >= 15 is 0 Å². The standard InChI is InChI=1S/C23H33N5O3/c1-26(18-24)22(30)23(10-4-3-5-11-23)25-21(29)19-6-8-20(9-7-19)28-14-12-27(13-15-28)16-17-31-2/h6-9H,3-5,10-17H2,1-2H3,(H,25,29). The lowest BCUT2D eigenvalue weighted by Crippen LogP contribution is -2.59. The topological polar surface area (TPSA) is 88.9 Å². The smallest absolute Gasteiger partial charge is 0.261 e. The molecule has 0 atom stereocenters. The number of hydrogen-bond donors (Lipinski definition) is 1. The van der Waals surface area contributed by atoms with Crippen molar-refractivity contribution in [3.8, 4) is 6.19 Å². The van der Waals surface area contributed by atoms with Crippen molar-refractivity contribution in [1.29, 1.82) is 5.26 Å². The maximum atomic E-state index is 13.0. The van der Waals surface area contributed by atoms with Crippen molar-refractivity contribution >= 4 is 17.5 Å². The van der Waals surface area contributed by atoms with Gasteiger partial charge in [-0.1, -0.05) is 19.3 Å². The Labute approximate surface area is 184 Å². The van der Waals surface area contributed by atoms with E-state index < -0.39 is 5.54 Å². The lowest BCUT2D eigenvalue weighted by atomic mass is 9.80. The minimum atomic E-state index is -0.989. The first-order valence-electron chi connectivity index (χ1n) is 11.1. The normalized spacial score (nSPS) is 18.8. The molecule has 0 radical (unpaired) electrons. The number of hydrogen-bond acceptors (Lipinski definition) is 6. The van der Waals surface area contributed by atoms with Gasteiger partial charge in [0.25, 0.3) is 11.8 Å². The van der Waals surface area contributed by atoms with Crippen molar-refractivity contribution in [2.75, 3.05) is 58.4 Å². The SMILES string of the molecule is COCCN1CCN(c2ccc(C(=O)NC3(C(=O)N(C)C#N)CCCCC3)cc2)CC1. The van der Waals surface area contributed by atoms with Crippen molar-refractivity contribution in [2.24, 2.45) is 0 Å². The number of ether oxygens (including phenoxy) is 1. The number of carbonyl (C=O) groups excluding carboxylic acids is 2. The summed E-state index contributed by atoms with van der Waals surface area (Å²) in [4.78, 5) is 31.5. The molecule has 8 heteroatoms. The Kier molecular flexibility index (Phi) is 7.88. The third-order valence-corrected chi connectivity index (χ3v) is 6.40. The van der Waals surface area contributed by atoms with Crippen LogP contribution in [0.5, 0.6) is 0 Å². The van der Waals surface area contributed by atoms with E-state index in [1.807, 2.05) is 30.5 Å². The van der Waals surface area contributed by atoms with Crippen molar-refractivity contribution in [3.05, 3.63) is 29.8 Å². The lowest BCUT2D eigenvalue weighted by Gasteiger charge is -2.37. The van der Waals surface area contributed by atoms with Crippen LogP contribution >= 0.6 is 0 Å². The summed E-state index contributed by atoms with van der Waals surface area (Å²) in [5.74, 6) is -0.594. The molecule has 8 nitrogen and oxygen atoms in total. The zero-order valence-corrected chi connectivity index (χ0v) is 18.6. The Balaban J connectivity index is 1.63. The minimum absolute atomic E-state index is 0.266. The molecule has 1 saturated carbocycles. The maximum Gasteiger partial charge on any atom is 0.261 e. The van der Waals surface area contributed by atoms with Gasteiger partial charge in [0.05, 0.1) is 6.61 Å². The van der Waals surface area contributed by atoms with Crippen LogP contribution in [0.3, 0.4) is 0 Å². The van der Waals surface area contributed by atoms with Crippen LogP contribution in [0, 0.1) is 11.5 Å². The monoisotopic (exact) mass is 427 g/mol. The fourth-order valence-electron chi connectivity index (χ4n) is 4.48. The number of nitrogens with zero attached hydrogens (tertiary/aromatic N) is 4. The van der Waals surface area contributed by atoms with Gasteiger partial charge in [-0.3, -0.25) is 19.4 Å². The molecule has 0 unspecified atom stereocenters. The molecule has 0 aromatic heterocycles. The maximum absolute atomic E-state index is 13.0. The molecule has 0 spiro atoms. The molecule has 1 aliphatic heterocycles. The number of nitriles is 1. The Morgan fingerprint density at radius 1 is 1.13 bits per heavy atom. The molecular weight excluding hydrogens is 394 g/mol. The van der Waals surface area contributed by atoms with Gasteiger partial charge in [0.2, 0.25) is 0 Å². The van der Waals surface area contributed by atoms with E-state index in [1.165, 1.54) is 7.05 Å². The quantitative estimate of drug-likeness (QED) is 0.528. The Morgan fingerprint density at radius 2 is 1.77 bits per heavy atom. The number of rotatable bonds is 7. The lowest BCUT2D eigenvalue weighted by molar-refractivity contribution is -0.135. The number of likely N-dealkylation sites (N-methyl/N-ethyl adjacent to an activating group) is 1. The molecule has 1 aromatic rings. The first-order valence-corrected chi connectivity index (χ1v) is 11.1. The second kappa shape index (κ2) is 10.6. The molecule has 1 N–H and O–H groups in total. The van der Waals surface area contributed by atoms with Crippen LogP contribution in [-0.4, -0.2) is 80.6 Å². The van der Waals surface area contributed by atoms with Crippen molar-refractivity contribution in [1.82, 2.24) is 15.1 Å². The second-order valence-corrected chi connectivity index (χ2v) is 8.43. The van der Waals surface area contributed by atoms with Crippen LogP contribution in [0.15, 0.2) is 24.3 Å². The predicted octanol–water partition coefficient (Wildman–Crippen LogP) is 1.83. The van der Waals surface area contributed by atoms with E-state index in [2.05, 4.69) is 15.1 Å². The van der Waals surface area contributed by atoms with Crippen LogP contribution < -0.4 is 10.2 Å². The van der Waals surface area contributed by atoms with Gasteiger partial charge in [-0.15, -0.1) is 0 Å². The molecule has 0 bridgehead atoms. The Hall–Kier alpha value is -2.63. The number of methoxy groups -OCH3 is 1. The number of benzene rings is 1. The molecule has 1 heterocycles. The summed E-state index contributed by atoms with van der Waals surface area (Å²) in [5, 5.41) is 12.1. The van der Waals surface area contributed by atoms with Gasteiger partial charge in [-0.2, -0.15) is 5.26 Å². The highest BCUT2D eigenvalue weighted by Crippen LogP contribution is 2.30. The summed E-state index contributed by atoms with van der Waals surface area (Å²) in [6.07, 6.45) is 5.76. The average Bonchev–Trinajstić information content (AvgIpc) is 2.82. The van der Waals surface area contributed by atoms with Crippen LogP contribution in [0.2, 0.25) is 0 Å². The highest BCUT2D eigenvalue weighted by Gasteiger charge is 2.42. The minimum Gasteiger partial charge on any atom is -0.383 e. The fourth-order valence-corrected chi connectivity index (χ4v) is 4.48.